The van der Waals surface area contributed by atoms with Gasteiger partial charge in [0.2, 0.25) is 0 Å². The summed E-state index contributed by atoms with van der Waals surface area (Å²) in [6, 6.07) is 5.48. The van der Waals surface area contributed by atoms with E-state index in [2.05, 4.69) is 4.98 Å². The number of methoxy groups -OCH3 is 2. The van der Waals surface area contributed by atoms with Crippen LogP contribution in [0.4, 0.5) is 5.82 Å². The molecule has 0 radical (unpaired) electrons. The number of ether oxygens (including phenoxy) is 2. The summed E-state index contributed by atoms with van der Waals surface area (Å²) in [6.45, 7) is 1.97. The number of benzene rings is 1. The smallest absolute Gasteiger partial charge is 0.150 e. The van der Waals surface area contributed by atoms with Gasteiger partial charge in [0, 0.05) is 18.1 Å². The second kappa shape index (κ2) is 5.09. The second-order valence-electron chi connectivity index (χ2n) is 4.05. The molecule has 6 heteroatoms. The minimum atomic E-state index is 0.417. The highest BCUT2D eigenvalue weighted by molar-refractivity contribution is 5.77. The van der Waals surface area contributed by atoms with Gasteiger partial charge in [0.05, 0.1) is 14.2 Å². The van der Waals surface area contributed by atoms with E-state index in [1.54, 1.807) is 20.3 Å². The highest BCUT2D eigenvalue weighted by atomic mass is 16.5. The predicted molar refractivity (Wildman–Crippen MR) is 74.7 cm³/mol. The van der Waals surface area contributed by atoms with Crippen LogP contribution < -0.4 is 21.1 Å². The van der Waals surface area contributed by atoms with Crippen molar-refractivity contribution < 1.29 is 9.47 Å². The first-order valence-electron chi connectivity index (χ1n) is 5.96. The number of imidazole rings is 1. The Labute approximate surface area is 111 Å². The molecule has 0 saturated heterocycles. The van der Waals surface area contributed by atoms with E-state index in [1.165, 1.54) is 4.68 Å². The zero-order chi connectivity index (χ0) is 14.0. The van der Waals surface area contributed by atoms with Crippen molar-refractivity contribution in [2.45, 2.75) is 13.3 Å². The van der Waals surface area contributed by atoms with Crippen LogP contribution in [0, 0.1) is 0 Å². The van der Waals surface area contributed by atoms with Crippen LogP contribution in [0.15, 0.2) is 18.2 Å². The first kappa shape index (κ1) is 13.1. The number of anilines is 1. The molecule has 0 aliphatic heterocycles. The van der Waals surface area contributed by atoms with Gasteiger partial charge in [-0.1, -0.05) is 6.92 Å². The molecule has 1 heterocycles. The molecule has 0 aliphatic carbocycles. The molecule has 0 atom stereocenters. The van der Waals surface area contributed by atoms with Crippen LogP contribution in [-0.4, -0.2) is 23.9 Å². The Morgan fingerprint density at radius 3 is 2.53 bits per heavy atom. The zero-order valence-electron chi connectivity index (χ0n) is 11.3. The maximum absolute atomic E-state index is 5.99. The lowest BCUT2D eigenvalue weighted by molar-refractivity contribution is 0.395. The van der Waals surface area contributed by atoms with E-state index in [-0.39, 0.29) is 0 Å². The number of nitrogens with zero attached hydrogens (tertiary/aromatic N) is 2. The lowest BCUT2D eigenvalue weighted by atomic mass is 10.1. The van der Waals surface area contributed by atoms with E-state index in [0.29, 0.717) is 29.4 Å². The van der Waals surface area contributed by atoms with Gasteiger partial charge < -0.3 is 21.1 Å². The van der Waals surface area contributed by atoms with E-state index < -0.39 is 0 Å². The van der Waals surface area contributed by atoms with Crippen molar-refractivity contribution in [3.63, 3.8) is 0 Å². The van der Waals surface area contributed by atoms with Gasteiger partial charge in [-0.05, 0) is 12.1 Å². The fourth-order valence-corrected chi connectivity index (χ4v) is 1.94. The van der Waals surface area contributed by atoms with E-state index in [9.17, 15) is 0 Å². The molecule has 0 spiro atoms. The van der Waals surface area contributed by atoms with Gasteiger partial charge in [-0.25, -0.2) is 9.66 Å². The molecule has 102 valence electrons. The maximum Gasteiger partial charge on any atom is 0.150 e. The quantitative estimate of drug-likeness (QED) is 0.814. The van der Waals surface area contributed by atoms with Crippen molar-refractivity contribution in [1.29, 1.82) is 0 Å². The molecular formula is C13H18N4O2. The van der Waals surface area contributed by atoms with Gasteiger partial charge in [0.1, 0.15) is 23.0 Å². The minimum Gasteiger partial charge on any atom is -0.497 e. The lowest BCUT2D eigenvalue weighted by Crippen LogP contribution is -2.14. The normalized spacial score (nSPS) is 10.5. The molecule has 0 bridgehead atoms. The van der Waals surface area contributed by atoms with Crippen LogP contribution in [-0.2, 0) is 6.42 Å². The average molecular weight is 262 g/mol. The van der Waals surface area contributed by atoms with Crippen molar-refractivity contribution in [1.82, 2.24) is 9.66 Å². The number of aryl methyl sites for hydroxylation is 1. The van der Waals surface area contributed by atoms with Crippen LogP contribution in [0.3, 0.4) is 0 Å². The first-order valence-corrected chi connectivity index (χ1v) is 5.96. The number of aromatic nitrogens is 2. The summed E-state index contributed by atoms with van der Waals surface area (Å²) in [5, 5.41) is 0. The average Bonchev–Trinajstić information content (AvgIpc) is 2.74. The van der Waals surface area contributed by atoms with E-state index in [0.717, 1.165) is 11.4 Å². The Hall–Kier alpha value is -2.37. The van der Waals surface area contributed by atoms with Crippen LogP contribution in [0.25, 0.3) is 11.3 Å². The van der Waals surface area contributed by atoms with Gasteiger partial charge >= 0.3 is 0 Å². The standard InChI is InChI=1S/C13H18N4O2/c1-4-11-16-12(13(14)17(11)15)9-6-5-8(18-2)7-10(9)19-3/h5-7H,4,14-15H2,1-3H3. The van der Waals surface area contributed by atoms with Crippen molar-refractivity contribution in [3.05, 3.63) is 24.0 Å². The molecule has 1 aromatic carbocycles. The second-order valence-corrected chi connectivity index (χ2v) is 4.05. The third-order valence-electron chi connectivity index (χ3n) is 3.00. The van der Waals surface area contributed by atoms with E-state index >= 15 is 0 Å². The van der Waals surface area contributed by atoms with Gasteiger partial charge in [-0.2, -0.15) is 0 Å². The fourth-order valence-electron chi connectivity index (χ4n) is 1.94. The van der Waals surface area contributed by atoms with Crippen molar-refractivity contribution in [2.24, 2.45) is 0 Å². The topological polar surface area (TPSA) is 88.3 Å². The molecule has 0 unspecified atom stereocenters. The molecule has 2 rings (SSSR count). The van der Waals surface area contributed by atoms with E-state index in [1.807, 2.05) is 19.1 Å². The fraction of sp³-hybridized carbons (Fsp3) is 0.308. The largest absolute Gasteiger partial charge is 0.497 e. The number of rotatable bonds is 4. The SMILES string of the molecule is CCc1nc(-c2ccc(OC)cc2OC)c(N)n1N. The van der Waals surface area contributed by atoms with Gasteiger partial charge in [-0.3, -0.25) is 0 Å². The molecule has 0 aliphatic rings. The van der Waals surface area contributed by atoms with Crippen LogP contribution in [0.1, 0.15) is 12.7 Å². The molecular weight excluding hydrogens is 244 g/mol. The Kier molecular flexibility index (Phi) is 3.50. The maximum atomic E-state index is 5.99. The summed E-state index contributed by atoms with van der Waals surface area (Å²) >= 11 is 0. The molecule has 4 N–H and O–H groups in total. The van der Waals surface area contributed by atoms with Gasteiger partial charge in [-0.15, -0.1) is 0 Å². The molecule has 2 aromatic rings. The summed E-state index contributed by atoms with van der Waals surface area (Å²) in [5.74, 6) is 8.36. The summed E-state index contributed by atoms with van der Waals surface area (Å²) in [6.07, 6.45) is 0.708. The minimum absolute atomic E-state index is 0.417. The molecule has 0 saturated carbocycles. The van der Waals surface area contributed by atoms with E-state index in [4.69, 9.17) is 21.1 Å². The third-order valence-corrected chi connectivity index (χ3v) is 3.00. The highest BCUT2D eigenvalue weighted by Crippen LogP contribution is 2.35. The summed E-state index contributed by atoms with van der Waals surface area (Å²) in [7, 11) is 3.20. The molecule has 6 nitrogen and oxygen atoms in total. The van der Waals surface area contributed by atoms with Crippen molar-refractivity contribution >= 4 is 5.82 Å². The molecule has 1 aromatic heterocycles. The number of hydrogen-bond acceptors (Lipinski definition) is 5. The van der Waals surface area contributed by atoms with Gasteiger partial charge in [0.25, 0.3) is 0 Å². The number of hydrogen-bond donors (Lipinski definition) is 2. The van der Waals surface area contributed by atoms with Crippen molar-refractivity contribution in [3.8, 4) is 22.8 Å². The first-order chi connectivity index (χ1) is 9.12. The summed E-state index contributed by atoms with van der Waals surface area (Å²) in [4.78, 5) is 4.45. The van der Waals surface area contributed by atoms with Crippen LogP contribution in [0.2, 0.25) is 0 Å². The molecule has 0 fully saturated rings. The Bertz CT molecular complexity index is 593. The van der Waals surface area contributed by atoms with Crippen LogP contribution in [0.5, 0.6) is 11.5 Å². The Balaban J connectivity index is 2.58. The Morgan fingerprint density at radius 1 is 1.26 bits per heavy atom. The predicted octanol–water partition coefficient (Wildman–Crippen LogP) is 1.43. The summed E-state index contributed by atoms with van der Waals surface area (Å²) < 4.78 is 11.9. The monoisotopic (exact) mass is 262 g/mol. The Morgan fingerprint density at radius 2 is 2.00 bits per heavy atom. The molecule has 0 amide bonds. The zero-order valence-corrected chi connectivity index (χ0v) is 11.3. The third kappa shape index (κ3) is 2.16. The lowest BCUT2D eigenvalue weighted by Gasteiger charge is -2.09. The number of nitrogen functional groups attached to an aromatic ring is 2. The highest BCUT2D eigenvalue weighted by Gasteiger charge is 2.17. The summed E-state index contributed by atoms with van der Waals surface area (Å²) in [5.41, 5.74) is 7.41. The van der Waals surface area contributed by atoms with Gasteiger partial charge in [0.15, 0.2) is 5.82 Å². The number of nitrogens with two attached hydrogens (primary N) is 2. The van der Waals surface area contributed by atoms with Crippen molar-refractivity contribution in [2.75, 3.05) is 25.8 Å². The van der Waals surface area contributed by atoms with Crippen LogP contribution >= 0.6 is 0 Å². The molecule has 19 heavy (non-hydrogen) atoms.